The highest BCUT2D eigenvalue weighted by Gasteiger charge is 2.21. The Morgan fingerprint density at radius 3 is 2.69 bits per heavy atom. The van der Waals surface area contributed by atoms with E-state index in [0.717, 1.165) is 29.8 Å². The van der Waals surface area contributed by atoms with Crippen molar-refractivity contribution in [1.29, 1.82) is 0 Å². The number of hydrogen-bond acceptors (Lipinski definition) is 4. The van der Waals surface area contributed by atoms with Gasteiger partial charge in [-0.1, -0.05) is 26.0 Å². The van der Waals surface area contributed by atoms with Crippen molar-refractivity contribution in [2.24, 2.45) is 4.99 Å². The molecule has 1 heterocycles. The smallest absolute Gasteiger partial charge is 0.191 e. The highest BCUT2D eigenvalue weighted by atomic mass is 127. The van der Waals surface area contributed by atoms with E-state index in [0.29, 0.717) is 6.54 Å². The molecule has 0 aliphatic rings. The normalized spacial score (nSPS) is 11.7. The van der Waals surface area contributed by atoms with Crippen LogP contribution in [0.5, 0.6) is 5.75 Å². The Morgan fingerprint density at radius 1 is 1.31 bits per heavy atom. The summed E-state index contributed by atoms with van der Waals surface area (Å²) < 4.78 is 5.34. The molecule has 0 aliphatic carbocycles. The molecule has 0 bridgehead atoms. The van der Waals surface area contributed by atoms with Gasteiger partial charge in [0.15, 0.2) is 5.96 Å². The van der Waals surface area contributed by atoms with E-state index < -0.39 is 0 Å². The van der Waals surface area contributed by atoms with Gasteiger partial charge in [0.25, 0.3) is 0 Å². The molecule has 0 unspecified atom stereocenters. The van der Waals surface area contributed by atoms with Crippen LogP contribution in [0.1, 0.15) is 36.2 Å². The van der Waals surface area contributed by atoms with Gasteiger partial charge in [-0.05, 0) is 31.5 Å². The summed E-state index contributed by atoms with van der Waals surface area (Å²) in [5.74, 6) is 1.69. The average Bonchev–Trinajstić information content (AvgIpc) is 3.03. The number of ether oxygens (including phenoxy) is 1. The van der Waals surface area contributed by atoms with E-state index in [1.807, 2.05) is 18.3 Å². The van der Waals surface area contributed by atoms with Crippen molar-refractivity contribution in [3.8, 4) is 5.75 Å². The first-order chi connectivity index (χ1) is 11.9. The Morgan fingerprint density at radius 2 is 2.08 bits per heavy atom. The number of nitrogens with one attached hydrogen (secondary N) is 2. The van der Waals surface area contributed by atoms with E-state index in [4.69, 9.17) is 4.74 Å². The summed E-state index contributed by atoms with van der Waals surface area (Å²) in [5.41, 5.74) is 1.17. The summed E-state index contributed by atoms with van der Waals surface area (Å²) in [6, 6.07) is 8.21. The fourth-order valence-electron chi connectivity index (χ4n) is 2.41. The number of aliphatic imine (C=N–C) groups is 1. The lowest BCUT2D eigenvalue weighted by molar-refractivity contribution is 0.411. The zero-order valence-electron chi connectivity index (χ0n) is 16.1. The summed E-state index contributed by atoms with van der Waals surface area (Å²) in [6.45, 7) is 10.7. The van der Waals surface area contributed by atoms with Crippen molar-refractivity contribution in [1.82, 2.24) is 15.6 Å². The van der Waals surface area contributed by atoms with Crippen LogP contribution >= 0.6 is 35.3 Å². The molecular weight excluding hydrogens is 459 g/mol. The molecule has 1 aromatic heterocycles. The third kappa shape index (κ3) is 6.75. The lowest BCUT2D eigenvalue weighted by Gasteiger charge is -2.27. The van der Waals surface area contributed by atoms with Gasteiger partial charge >= 0.3 is 0 Å². The van der Waals surface area contributed by atoms with E-state index in [1.54, 1.807) is 18.4 Å². The first-order valence-corrected chi connectivity index (χ1v) is 9.34. The molecule has 0 atom stereocenters. The molecule has 2 N–H and O–H groups in total. The Bertz CT molecular complexity index is 715. The molecule has 2 rings (SSSR count). The third-order valence-electron chi connectivity index (χ3n) is 3.93. The van der Waals surface area contributed by atoms with E-state index >= 15 is 0 Å². The first-order valence-electron chi connectivity index (χ1n) is 8.52. The van der Waals surface area contributed by atoms with Gasteiger partial charge in [-0.15, -0.1) is 35.3 Å². The highest BCUT2D eigenvalue weighted by Crippen LogP contribution is 2.25. The maximum absolute atomic E-state index is 5.34. The third-order valence-corrected chi connectivity index (χ3v) is 4.83. The number of guanidine groups is 1. The summed E-state index contributed by atoms with van der Waals surface area (Å²) in [4.78, 5) is 10.2. The van der Waals surface area contributed by atoms with Crippen molar-refractivity contribution < 1.29 is 4.74 Å². The number of hydrogen-bond donors (Lipinski definition) is 2. The summed E-state index contributed by atoms with van der Waals surface area (Å²) in [6.07, 6.45) is 1.89. The second-order valence-corrected chi connectivity index (χ2v) is 7.85. The monoisotopic (exact) mass is 488 g/mol. The fraction of sp³-hybridized carbons (Fsp3) is 0.474. The Kier molecular flexibility index (Phi) is 9.35. The molecule has 26 heavy (non-hydrogen) atoms. The van der Waals surface area contributed by atoms with Crippen molar-refractivity contribution >= 4 is 41.3 Å². The van der Waals surface area contributed by atoms with E-state index in [-0.39, 0.29) is 29.4 Å². The number of benzene rings is 1. The Balaban J connectivity index is 0.00000338. The van der Waals surface area contributed by atoms with E-state index in [1.165, 1.54) is 10.4 Å². The number of methoxy groups -OCH3 is 1. The molecule has 0 saturated heterocycles. The average molecular weight is 488 g/mol. The number of rotatable bonds is 7. The van der Waals surface area contributed by atoms with Gasteiger partial charge in [0.2, 0.25) is 0 Å². The summed E-state index contributed by atoms with van der Waals surface area (Å²) in [5, 5.41) is 7.78. The molecule has 0 fully saturated rings. The van der Waals surface area contributed by atoms with Crippen molar-refractivity contribution in [2.45, 2.75) is 39.7 Å². The van der Waals surface area contributed by atoms with Crippen LogP contribution in [0.4, 0.5) is 0 Å². The number of nitrogens with zero attached hydrogens (tertiary/aromatic N) is 2. The van der Waals surface area contributed by atoms with Gasteiger partial charge in [0.05, 0.1) is 13.7 Å². The zero-order valence-corrected chi connectivity index (χ0v) is 19.3. The molecule has 7 heteroatoms. The molecule has 0 aliphatic heterocycles. The van der Waals surface area contributed by atoms with Crippen LogP contribution in [0.15, 0.2) is 35.5 Å². The minimum Gasteiger partial charge on any atom is -0.497 e. The predicted octanol–water partition coefficient (Wildman–Crippen LogP) is 4.11. The molecule has 0 spiro atoms. The summed E-state index contributed by atoms with van der Waals surface area (Å²) in [7, 11) is 1.70. The van der Waals surface area contributed by atoms with Gasteiger partial charge in [-0.3, -0.25) is 0 Å². The van der Waals surface area contributed by atoms with Gasteiger partial charge < -0.3 is 15.4 Å². The summed E-state index contributed by atoms with van der Waals surface area (Å²) >= 11 is 1.68. The Hall–Kier alpha value is -1.35. The zero-order chi connectivity index (χ0) is 18.3. The molecule has 1 aromatic carbocycles. The molecule has 0 amide bonds. The van der Waals surface area contributed by atoms with E-state index in [2.05, 4.69) is 60.4 Å². The molecular formula is C19H29IN4OS. The fourth-order valence-corrected chi connectivity index (χ4v) is 3.13. The van der Waals surface area contributed by atoms with Gasteiger partial charge in [0, 0.05) is 29.6 Å². The van der Waals surface area contributed by atoms with Gasteiger partial charge in [-0.2, -0.15) is 0 Å². The van der Waals surface area contributed by atoms with Crippen LogP contribution < -0.4 is 15.4 Å². The lowest BCUT2D eigenvalue weighted by atomic mass is 9.84. The highest BCUT2D eigenvalue weighted by molar-refractivity contribution is 14.0. The Labute approximate surface area is 177 Å². The van der Waals surface area contributed by atoms with Gasteiger partial charge in [-0.25, -0.2) is 9.98 Å². The second kappa shape index (κ2) is 10.7. The maximum Gasteiger partial charge on any atom is 0.191 e. The standard InChI is InChI=1S/C19H28N4OS.HI/c1-6-20-18(22-12-17-21-11-14(2)25-17)23-13-19(3,4)15-8-7-9-16(10-15)24-5;/h7-11H,6,12-13H2,1-5H3,(H2,20,22,23);1H. The van der Waals surface area contributed by atoms with E-state index in [9.17, 15) is 0 Å². The molecule has 2 aromatic rings. The second-order valence-electron chi connectivity index (χ2n) is 6.53. The van der Waals surface area contributed by atoms with Crippen LogP contribution in [-0.4, -0.2) is 31.1 Å². The number of thiazole rings is 1. The lowest BCUT2D eigenvalue weighted by Crippen LogP contribution is -2.43. The van der Waals surface area contributed by atoms with Gasteiger partial charge in [0.1, 0.15) is 10.8 Å². The molecule has 0 saturated carbocycles. The van der Waals surface area contributed by atoms with Crippen molar-refractivity contribution in [2.75, 3.05) is 20.2 Å². The SMILES string of the molecule is CCNC(=NCc1ncc(C)s1)NCC(C)(C)c1cccc(OC)c1.I. The number of aryl methyl sites for hydroxylation is 1. The minimum atomic E-state index is -0.0531. The predicted molar refractivity (Wildman–Crippen MR) is 121 cm³/mol. The number of halogens is 1. The number of aromatic nitrogens is 1. The first kappa shape index (κ1) is 22.7. The molecule has 0 radical (unpaired) electrons. The van der Waals surface area contributed by atoms with Crippen LogP contribution in [0.2, 0.25) is 0 Å². The minimum absolute atomic E-state index is 0. The maximum atomic E-state index is 5.34. The van der Waals surface area contributed by atoms with Crippen LogP contribution in [0.3, 0.4) is 0 Å². The topological polar surface area (TPSA) is 58.5 Å². The van der Waals surface area contributed by atoms with Crippen molar-refractivity contribution in [3.05, 3.63) is 45.9 Å². The quantitative estimate of drug-likeness (QED) is 0.350. The van der Waals surface area contributed by atoms with Crippen LogP contribution in [0.25, 0.3) is 0 Å². The molecule has 5 nitrogen and oxygen atoms in total. The van der Waals surface area contributed by atoms with Crippen LogP contribution in [-0.2, 0) is 12.0 Å². The van der Waals surface area contributed by atoms with Crippen molar-refractivity contribution in [3.63, 3.8) is 0 Å². The largest absolute Gasteiger partial charge is 0.497 e. The molecule has 144 valence electrons. The van der Waals surface area contributed by atoms with Crippen LogP contribution in [0, 0.1) is 6.92 Å².